The van der Waals surface area contributed by atoms with Crippen molar-refractivity contribution < 1.29 is 8.42 Å². The third kappa shape index (κ3) is 5.24. The van der Waals surface area contributed by atoms with E-state index in [1.807, 2.05) is 25.4 Å². The fourth-order valence-electron chi connectivity index (χ4n) is 4.07. The van der Waals surface area contributed by atoms with E-state index in [0.717, 1.165) is 36.6 Å². The summed E-state index contributed by atoms with van der Waals surface area (Å²) in [6, 6.07) is 6.52. The Morgan fingerprint density at radius 1 is 1.38 bits per heavy atom. The summed E-state index contributed by atoms with van der Waals surface area (Å²) in [4.78, 5) is 9.06. The monoisotopic (exact) mass is 457 g/mol. The van der Waals surface area contributed by atoms with Crippen molar-refractivity contribution in [3.05, 3.63) is 59.5 Å². The van der Waals surface area contributed by atoms with E-state index in [-0.39, 0.29) is 6.17 Å². The molecule has 0 amide bonds. The highest BCUT2D eigenvalue weighted by atomic mass is 32.2. The normalized spacial score (nSPS) is 18.7. The molecule has 0 aromatic heterocycles. The summed E-state index contributed by atoms with van der Waals surface area (Å²) in [6.07, 6.45) is 8.64. The van der Waals surface area contributed by atoms with Gasteiger partial charge in [-0.25, -0.2) is 8.42 Å². The van der Waals surface area contributed by atoms with Crippen molar-refractivity contribution in [3.8, 4) is 0 Å². The molecule has 0 aliphatic carbocycles. The van der Waals surface area contributed by atoms with Crippen molar-refractivity contribution in [2.45, 2.75) is 32.9 Å². The molecule has 0 fully saturated rings. The smallest absolute Gasteiger partial charge is 0.211 e. The maximum atomic E-state index is 11.8. The van der Waals surface area contributed by atoms with E-state index >= 15 is 0 Å². The number of nitrogens with one attached hydrogen (secondary N) is 1. The largest absolute Gasteiger partial charge is 0.365 e. The number of likely N-dealkylation sites (N-methyl/N-ethyl adjacent to an activating group) is 1. The summed E-state index contributed by atoms with van der Waals surface area (Å²) in [7, 11) is 0.951. The minimum Gasteiger partial charge on any atom is -0.365 e. The van der Waals surface area contributed by atoms with Crippen LogP contribution in [0.25, 0.3) is 5.57 Å². The van der Waals surface area contributed by atoms with Crippen molar-refractivity contribution in [1.29, 1.82) is 0 Å². The van der Waals surface area contributed by atoms with Crippen LogP contribution >= 0.6 is 0 Å². The first-order chi connectivity index (χ1) is 15.2. The van der Waals surface area contributed by atoms with Crippen molar-refractivity contribution in [2.75, 3.05) is 45.0 Å². The van der Waals surface area contributed by atoms with Gasteiger partial charge in [0, 0.05) is 39.1 Å². The second kappa shape index (κ2) is 9.92. The lowest BCUT2D eigenvalue weighted by molar-refractivity contribution is 0.446. The molecular weight excluding hydrogens is 422 g/mol. The molecule has 1 atom stereocenters. The zero-order valence-electron chi connectivity index (χ0n) is 19.8. The lowest BCUT2D eigenvalue weighted by Gasteiger charge is -2.28. The number of aliphatic imine (C=N–C) groups is 1. The molecule has 0 saturated heterocycles. The first-order valence-electron chi connectivity index (χ1n) is 11.0. The zero-order chi connectivity index (χ0) is 23.5. The summed E-state index contributed by atoms with van der Waals surface area (Å²) in [5.41, 5.74) is 6.83. The Bertz CT molecular complexity index is 1060. The first-order valence-corrected chi connectivity index (χ1v) is 12.9. The molecule has 2 aliphatic rings. The van der Waals surface area contributed by atoms with Crippen LogP contribution in [0.1, 0.15) is 31.4 Å². The van der Waals surface area contributed by atoms with Gasteiger partial charge >= 0.3 is 0 Å². The fourth-order valence-corrected chi connectivity index (χ4v) is 4.84. The lowest BCUT2D eigenvalue weighted by atomic mass is 9.96. The third-order valence-corrected chi connectivity index (χ3v) is 7.49. The molecule has 3 rings (SSSR count). The summed E-state index contributed by atoms with van der Waals surface area (Å²) in [6.45, 7) is 9.86. The van der Waals surface area contributed by atoms with E-state index in [9.17, 15) is 8.42 Å². The number of hydrogen-bond acceptors (Lipinski definition) is 6. The van der Waals surface area contributed by atoms with Crippen molar-refractivity contribution >= 4 is 27.5 Å². The molecule has 0 radical (unpaired) electrons. The fraction of sp³-hybridized carbons (Fsp3) is 0.458. The van der Waals surface area contributed by atoms with E-state index < -0.39 is 10.0 Å². The molecule has 2 aliphatic heterocycles. The number of nitrogens with zero attached hydrogens (tertiary/aromatic N) is 4. The second-order valence-electron chi connectivity index (χ2n) is 8.35. The van der Waals surface area contributed by atoms with E-state index in [4.69, 9.17) is 4.99 Å². The van der Waals surface area contributed by atoms with Gasteiger partial charge in [0.1, 0.15) is 6.17 Å². The van der Waals surface area contributed by atoms with Gasteiger partial charge in [0.25, 0.3) is 0 Å². The van der Waals surface area contributed by atoms with E-state index in [1.165, 1.54) is 27.3 Å². The summed E-state index contributed by atoms with van der Waals surface area (Å²) >= 11 is 0. The third-order valence-electron chi connectivity index (χ3n) is 6.22. The van der Waals surface area contributed by atoms with Crippen LogP contribution in [0.2, 0.25) is 0 Å². The molecule has 1 aromatic carbocycles. The Morgan fingerprint density at radius 2 is 2.12 bits per heavy atom. The zero-order valence-corrected chi connectivity index (χ0v) is 20.6. The Kier molecular flexibility index (Phi) is 7.46. The van der Waals surface area contributed by atoms with Crippen LogP contribution in [0, 0.1) is 0 Å². The van der Waals surface area contributed by atoms with Crippen LogP contribution in [0.5, 0.6) is 0 Å². The van der Waals surface area contributed by atoms with Crippen LogP contribution in [-0.4, -0.2) is 70.1 Å². The SMILES string of the molecule is C=CC1=C(/C=N\C(C)N(C)c2ccc(C3=CCN(S(C)(=O)=O)CC3)cc2CC)NCN1C. The summed E-state index contributed by atoms with van der Waals surface area (Å²) < 4.78 is 25.1. The summed E-state index contributed by atoms with van der Waals surface area (Å²) in [5.74, 6) is 0. The van der Waals surface area contributed by atoms with Crippen molar-refractivity contribution in [3.63, 3.8) is 0 Å². The number of hydrogen-bond donors (Lipinski definition) is 1. The Balaban J connectivity index is 1.77. The molecule has 1 N–H and O–H groups in total. The highest BCUT2D eigenvalue weighted by Crippen LogP contribution is 2.30. The number of anilines is 1. The molecule has 2 heterocycles. The van der Waals surface area contributed by atoms with Crippen molar-refractivity contribution in [2.24, 2.45) is 4.99 Å². The van der Waals surface area contributed by atoms with Gasteiger partial charge in [-0.1, -0.05) is 25.6 Å². The van der Waals surface area contributed by atoms with Gasteiger partial charge in [-0.2, -0.15) is 4.31 Å². The molecule has 0 bridgehead atoms. The van der Waals surface area contributed by atoms with E-state index in [0.29, 0.717) is 13.1 Å². The minimum atomic E-state index is -3.14. The van der Waals surface area contributed by atoms with Crippen LogP contribution in [0.3, 0.4) is 0 Å². The van der Waals surface area contributed by atoms with Gasteiger partial charge < -0.3 is 15.1 Å². The average Bonchev–Trinajstić information content (AvgIpc) is 3.15. The summed E-state index contributed by atoms with van der Waals surface area (Å²) in [5, 5.41) is 3.34. The lowest BCUT2D eigenvalue weighted by Crippen LogP contribution is -2.33. The molecule has 0 saturated carbocycles. The second-order valence-corrected chi connectivity index (χ2v) is 10.3. The topological polar surface area (TPSA) is 68.2 Å². The number of rotatable bonds is 8. The maximum absolute atomic E-state index is 11.8. The molecule has 8 heteroatoms. The van der Waals surface area contributed by atoms with Gasteiger partial charge in [0.15, 0.2) is 0 Å². The molecule has 174 valence electrons. The van der Waals surface area contributed by atoms with Crippen molar-refractivity contribution in [1.82, 2.24) is 14.5 Å². The van der Waals surface area contributed by atoms with Gasteiger partial charge in [-0.15, -0.1) is 0 Å². The van der Waals surface area contributed by atoms with Crippen LogP contribution in [-0.2, 0) is 16.4 Å². The standard InChI is InChI=1S/C24H35N5O2S/c1-7-19-15-21(20-11-13-29(14-12-20)32(6,30)31)9-10-24(19)28(5)18(3)25-16-22-23(8-2)27(4)17-26-22/h8-11,15-16,18,26H,2,7,12-14,17H2,1,3-6H3/b25-16-. The number of benzene rings is 1. The van der Waals surface area contributed by atoms with Crippen LogP contribution in [0.4, 0.5) is 5.69 Å². The van der Waals surface area contributed by atoms with Crippen LogP contribution < -0.4 is 10.2 Å². The highest BCUT2D eigenvalue weighted by Gasteiger charge is 2.21. The first kappa shape index (κ1) is 24.1. The van der Waals surface area contributed by atoms with Gasteiger partial charge in [-0.05, 0) is 54.7 Å². The quantitative estimate of drug-likeness (QED) is 0.608. The molecule has 32 heavy (non-hydrogen) atoms. The van der Waals surface area contributed by atoms with Gasteiger partial charge in [0.05, 0.1) is 24.3 Å². The molecule has 0 spiro atoms. The van der Waals surface area contributed by atoms with E-state index in [2.05, 4.69) is 60.8 Å². The molecule has 7 nitrogen and oxygen atoms in total. The van der Waals surface area contributed by atoms with Crippen LogP contribution in [0.15, 0.2) is 53.3 Å². The van der Waals surface area contributed by atoms with Gasteiger partial charge in [0.2, 0.25) is 10.0 Å². The number of aryl methyl sites for hydroxylation is 1. The minimum absolute atomic E-state index is 0.0327. The maximum Gasteiger partial charge on any atom is 0.211 e. The highest BCUT2D eigenvalue weighted by molar-refractivity contribution is 7.88. The van der Waals surface area contributed by atoms with E-state index in [1.54, 1.807) is 0 Å². The van der Waals surface area contributed by atoms with Gasteiger partial charge in [-0.3, -0.25) is 4.99 Å². The Morgan fingerprint density at radius 3 is 2.72 bits per heavy atom. The Labute approximate surface area is 192 Å². The molecular formula is C24H35N5O2S. The predicted molar refractivity (Wildman–Crippen MR) is 134 cm³/mol. The Hall–Kier alpha value is -2.58. The predicted octanol–water partition coefficient (Wildman–Crippen LogP) is 3.04. The average molecular weight is 458 g/mol. The molecule has 1 aromatic rings. The number of sulfonamides is 1. The number of allylic oxidation sites excluding steroid dienone is 2. The molecule has 1 unspecified atom stereocenters.